The van der Waals surface area contributed by atoms with Crippen molar-refractivity contribution in [2.24, 2.45) is 16.6 Å². The van der Waals surface area contributed by atoms with Crippen LogP contribution in [0.5, 0.6) is 0 Å². The molecule has 0 radical (unpaired) electrons. The van der Waals surface area contributed by atoms with Gasteiger partial charge in [0.1, 0.15) is 6.04 Å². The SMILES string of the molecule is COC(=O)C(N)C1(C2(C)CC2)CC1. The summed E-state index contributed by atoms with van der Waals surface area (Å²) >= 11 is 0. The maximum Gasteiger partial charge on any atom is 0.323 e. The highest BCUT2D eigenvalue weighted by Crippen LogP contribution is 2.71. The molecule has 0 bridgehead atoms. The third kappa shape index (κ3) is 1.10. The van der Waals surface area contributed by atoms with Gasteiger partial charge in [-0.05, 0) is 31.1 Å². The number of hydrogen-bond donors (Lipinski definition) is 1. The van der Waals surface area contributed by atoms with Crippen LogP contribution < -0.4 is 5.73 Å². The van der Waals surface area contributed by atoms with Gasteiger partial charge in [-0.3, -0.25) is 4.79 Å². The molecular weight excluding hydrogens is 166 g/mol. The van der Waals surface area contributed by atoms with Crippen molar-refractivity contribution in [2.45, 2.75) is 38.6 Å². The highest BCUT2D eigenvalue weighted by molar-refractivity contribution is 5.77. The van der Waals surface area contributed by atoms with E-state index >= 15 is 0 Å². The van der Waals surface area contributed by atoms with Crippen LogP contribution >= 0.6 is 0 Å². The maximum atomic E-state index is 11.3. The van der Waals surface area contributed by atoms with E-state index in [1.807, 2.05) is 0 Å². The molecule has 74 valence electrons. The van der Waals surface area contributed by atoms with E-state index in [2.05, 4.69) is 6.92 Å². The molecule has 2 aliphatic carbocycles. The molecule has 0 aromatic heterocycles. The van der Waals surface area contributed by atoms with Gasteiger partial charge in [0.15, 0.2) is 0 Å². The summed E-state index contributed by atoms with van der Waals surface area (Å²) < 4.78 is 4.70. The Morgan fingerprint density at radius 3 is 2.23 bits per heavy atom. The Morgan fingerprint density at radius 2 is 1.92 bits per heavy atom. The fourth-order valence-electron chi connectivity index (χ4n) is 2.46. The Kier molecular flexibility index (Phi) is 1.71. The highest BCUT2D eigenvalue weighted by atomic mass is 16.5. The molecule has 2 fully saturated rings. The van der Waals surface area contributed by atoms with Crippen molar-refractivity contribution in [1.82, 2.24) is 0 Å². The third-order valence-electron chi connectivity index (χ3n) is 4.04. The van der Waals surface area contributed by atoms with Gasteiger partial charge in [-0.25, -0.2) is 0 Å². The van der Waals surface area contributed by atoms with Crippen LogP contribution in [0, 0.1) is 10.8 Å². The molecule has 2 rings (SSSR count). The van der Waals surface area contributed by atoms with Crippen LogP contribution in [-0.4, -0.2) is 19.1 Å². The molecule has 3 nitrogen and oxygen atoms in total. The largest absolute Gasteiger partial charge is 0.468 e. The van der Waals surface area contributed by atoms with E-state index in [-0.39, 0.29) is 11.4 Å². The second kappa shape index (κ2) is 2.47. The minimum absolute atomic E-state index is 0.0834. The van der Waals surface area contributed by atoms with E-state index in [9.17, 15) is 4.79 Å². The van der Waals surface area contributed by atoms with E-state index in [0.717, 1.165) is 12.8 Å². The lowest BCUT2D eigenvalue weighted by molar-refractivity contribution is -0.144. The number of hydrogen-bond acceptors (Lipinski definition) is 3. The van der Waals surface area contributed by atoms with Gasteiger partial charge in [-0.2, -0.15) is 0 Å². The zero-order valence-electron chi connectivity index (χ0n) is 8.30. The van der Waals surface area contributed by atoms with Crippen molar-refractivity contribution in [1.29, 1.82) is 0 Å². The van der Waals surface area contributed by atoms with Crippen LogP contribution in [0.3, 0.4) is 0 Å². The van der Waals surface area contributed by atoms with Crippen LogP contribution in [0.15, 0.2) is 0 Å². The topological polar surface area (TPSA) is 52.3 Å². The molecule has 0 saturated heterocycles. The summed E-state index contributed by atoms with van der Waals surface area (Å²) in [7, 11) is 1.41. The first-order valence-corrected chi connectivity index (χ1v) is 4.89. The predicted molar refractivity (Wildman–Crippen MR) is 49.0 cm³/mol. The van der Waals surface area contributed by atoms with Gasteiger partial charge in [0.2, 0.25) is 0 Å². The average Bonchev–Trinajstić information content (AvgIpc) is 2.96. The molecule has 2 aliphatic rings. The van der Waals surface area contributed by atoms with Gasteiger partial charge in [-0.1, -0.05) is 6.92 Å². The summed E-state index contributed by atoms with van der Waals surface area (Å²) in [6.07, 6.45) is 4.63. The lowest BCUT2D eigenvalue weighted by Gasteiger charge is -2.27. The Morgan fingerprint density at radius 1 is 1.38 bits per heavy atom. The van der Waals surface area contributed by atoms with Crippen LogP contribution in [0.2, 0.25) is 0 Å². The summed E-state index contributed by atoms with van der Waals surface area (Å²) in [6, 6.07) is -0.398. The van der Waals surface area contributed by atoms with Crippen LogP contribution in [0.4, 0.5) is 0 Å². The molecule has 0 aliphatic heterocycles. The number of esters is 1. The normalized spacial score (nSPS) is 29.2. The average molecular weight is 183 g/mol. The van der Waals surface area contributed by atoms with E-state index in [1.54, 1.807) is 0 Å². The molecule has 0 amide bonds. The molecule has 0 heterocycles. The smallest absolute Gasteiger partial charge is 0.323 e. The summed E-state index contributed by atoms with van der Waals surface area (Å²) in [5.41, 5.74) is 6.34. The molecule has 13 heavy (non-hydrogen) atoms. The molecule has 0 aromatic rings. The van der Waals surface area contributed by atoms with Crippen LogP contribution in [0.1, 0.15) is 32.6 Å². The van der Waals surface area contributed by atoms with Crippen molar-refractivity contribution in [2.75, 3.05) is 7.11 Å². The number of methoxy groups -OCH3 is 1. The quantitative estimate of drug-likeness (QED) is 0.666. The van der Waals surface area contributed by atoms with Crippen molar-refractivity contribution < 1.29 is 9.53 Å². The zero-order valence-corrected chi connectivity index (χ0v) is 8.30. The highest BCUT2D eigenvalue weighted by Gasteiger charge is 2.66. The van der Waals surface area contributed by atoms with Gasteiger partial charge in [-0.15, -0.1) is 0 Å². The first kappa shape index (κ1) is 9.00. The summed E-state index contributed by atoms with van der Waals surface area (Å²) in [6.45, 7) is 2.24. The van der Waals surface area contributed by atoms with Crippen molar-refractivity contribution in [3.05, 3.63) is 0 Å². The molecule has 0 spiro atoms. The number of carbonyl (C=O) groups excluding carboxylic acids is 1. The molecule has 1 atom stereocenters. The van der Waals surface area contributed by atoms with Crippen LogP contribution in [-0.2, 0) is 9.53 Å². The molecule has 2 saturated carbocycles. The minimum atomic E-state index is -0.398. The predicted octanol–water partition coefficient (Wildman–Crippen LogP) is 1.07. The van der Waals surface area contributed by atoms with Crippen molar-refractivity contribution >= 4 is 5.97 Å². The van der Waals surface area contributed by atoms with E-state index in [4.69, 9.17) is 10.5 Å². The first-order chi connectivity index (χ1) is 6.06. The summed E-state index contributed by atoms with van der Waals surface area (Å²) in [4.78, 5) is 11.3. The maximum absolute atomic E-state index is 11.3. The summed E-state index contributed by atoms with van der Waals surface area (Å²) in [5, 5.41) is 0. The molecule has 3 heteroatoms. The van der Waals surface area contributed by atoms with Gasteiger partial charge >= 0.3 is 5.97 Å². The first-order valence-electron chi connectivity index (χ1n) is 4.89. The Bertz CT molecular complexity index is 241. The Balaban J connectivity index is 2.11. The second-order valence-electron chi connectivity index (χ2n) is 4.72. The van der Waals surface area contributed by atoms with Crippen LogP contribution in [0.25, 0.3) is 0 Å². The van der Waals surface area contributed by atoms with Gasteiger partial charge in [0, 0.05) is 5.41 Å². The molecule has 2 N–H and O–H groups in total. The lowest BCUT2D eigenvalue weighted by atomic mass is 9.81. The number of nitrogens with two attached hydrogens (primary N) is 1. The number of rotatable bonds is 3. The fourth-order valence-corrected chi connectivity index (χ4v) is 2.46. The monoisotopic (exact) mass is 183 g/mol. The Labute approximate surface area is 78.6 Å². The number of ether oxygens (including phenoxy) is 1. The number of carbonyl (C=O) groups is 1. The van der Waals surface area contributed by atoms with Gasteiger partial charge in [0.05, 0.1) is 7.11 Å². The van der Waals surface area contributed by atoms with E-state index in [1.165, 1.54) is 20.0 Å². The van der Waals surface area contributed by atoms with E-state index in [0.29, 0.717) is 5.41 Å². The van der Waals surface area contributed by atoms with E-state index < -0.39 is 6.04 Å². The lowest BCUT2D eigenvalue weighted by Crippen LogP contribution is -2.44. The van der Waals surface area contributed by atoms with Crippen molar-refractivity contribution in [3.8, 4) is 0 Å². The Hall–Kier alpha value is -0.570. The van der Waals surface area contributed by atoms with Crippen molar-refractivity contribution in [3.63, 3.8) is 0 Å². The third-order valence-corrected chi connectivity index (χ3v) is 4.04. The second-order valence-corrected chi connectivity index (χ2v) is 4.72. The van der Waals surface area contributed by atoms with Gasteiger partial charge in [0.25, 0.3) is 0 Å². The standard InChI is InChI=1S/C10H17NO2/c1-9(3-4-9)10(5-6-10)7(11)8(12)13-2/h7H,3-6,11H2,1-2H3. The molecule has 0 aromatic carbocycles. The van der Waals surface area contributed by atoms with Gasteiger partial charge < -0.3 is 10.5 Å². The zero-order chi connectivity index (χ0) is 9.69. The summed E-state index contributed by atoms with van der Waals surface area (Å²) in [5.74, 6) is -0.245. The molecular formula is C10H17NO2. The minimum Gasteiger partial charge on any atom is -0.468 e. The molecule has 1 unspecified atom stereocenters. The fraction of sp³-hybridized carbons (Fsp3) is 0.900.